The molecule has 5 heteroatoms. The van der Waals surface area contributed by atoms with Crippen molar-refractivity contribution in [3.05, 3.63) is 41.6 Å². The Labute approximate surface area is 112 Å². The average molecular weight is 261 g/mol. The lowest BCUT2D eigenvalue weighted by Crippen LogP contribution is -2.36. The number of anilines is 1. The number of rotatable bonds is 4. The van der Waals surface area contributed by atoms with Gasteiger partial charge in [-0.15, -0.1) is 0 Å². The number of amides is 1. The fourth-order valence-electron chi connectivity index (χ4n) is 1.92. The molecule has 0 atom stereocenters. The van der Waals surface area contributed by atoms with Crippen LogP contribution < -0.4 is 5.73 Å². The van der Waals surface area contributed by atoms with Gasteiger partial charge in [0, 0.05) is 17.9 Å². The molecule has 0 spiro atoms. The van der Waals surface area contributed by atoms with E-state index in [4.69, 9.17) is 10.2 Å². The number of aryl methyl sites for hydroxylation is 1. The van der Waals surface area contributed by atoms with Crippen molar-refractivity contribution in [2.45, 2.75) is 33.4 Å². The number of hydrogen-bond donors (Lipinski definition) is 2. The zero-order valence-electron chi connectivity index (χ0n) is 11.4. The normalized spacial score (nSPS) is 10.9. The summed E-state index contributed by atoms with van der Waals surface area (Å²) in [6, 6.07) is 5.50. The SMILES string of the molecule is Cc1ccc(CN(C(=O)c2cc(N)c[nH]2)C(C)C)o1. The van der Waals surface area contributed by atoms with Gasteiger partial charge >= 0.3 is 0 Å². The maximum absolute atomic E-state index is 12.4. The largest absolute Gasteiger partial charge is 0.464 e. The molecule has 0 saturated carbocycles. The number of nitrogens with two attached hydrogens (primary N) is 1. The fourth-order valence-corrected chi connectivity index (χ4v) is 1.92. The number of carbonyl (C=O) groups is 1. The molecule has 0 unspecified atom stereocenters. The molecule has 2 heterocycles. The predicted molar refractivity (Wildman–Crippen MR) is 73.7 cm³/mol. The Morgan fingerprint density at radius 3 is 2.68 bits per heavy atom. The molecule has 102 valence electrons. The highest BCUT2D eigenvalue weighted by Crippen LogP contribution is 2.16. The van der Waals surface area contributed by atoms with Crippen LogP contribution in [-0.2, 0) is 6.54 Å². The van der Waals surface area contributed by atoms with Crippen molar-refractivity contribution in [2.75, 3.05) is 5.73 Å². The topological polar surface area (TPSA) is 75.3 Å². The van der Waals surface area contributed by atoms with Crippen LogP contribution in [0.4, 0.5) is 5.69 Å². The summed E-state index contributed by atoms with van der Waals surface area (Å²) >= 11 is 0. The standard InChI is InChI=1S/C14H19N3O2/c1-9(2)17(8-12-5-4-10(3)19-12)14(18)13-6-11(15)7-16-13/h4-7,9,16H,8,15H2,1-3H3. The van der Waals surface area contributed by atoms with Crippen molar-refractivity contribution < 1.29 is 9.21 Å². The van der Waals surface area contributed by atoms with Gasteiger partial charge in [0.05, 0.1) is 6.54 Å². The van der Waals surface area contributed by atoms with E-state index in [-0.39, 0.29) is 11.9 Å². The summed E-state index contributed by atoms with van der Waals surface area (Å²) in [5.74, 6) is 1.54. The maximum atomic E-state index is 12.4. The lowest BCUT2D eigenvalue weighted by molar-refractivity contribution is 0.0670. The van der Waals surface area contributed by atoms with Gasteiger partial charge in [-0.25, -0.2) is 0 Å². The van der Waals surface area contributed by atoms with E-state index in [0.717, 1.165) is 11.5 Å². The highest BCUT2D eigenvalue weighted by Gasteiger charge is 2.21. The summed E-state index contributed by atoms with van der Waals surface area (Å²) in [7, 11) is 0. The summed E-state index contributed by atoms with van der Waals surface area (Å²) in [4.78, 5) is 17.0. The van der Waals surface area contributed by atoms with Gasteiger partial charge in [0.1, 0.15) is 17.2 Å². The van der Waals surface area contributed by atoms with Crippen LogP contribution in [0.2, 0.25) is 0 Å². The van der Waals surface area contributed by atoms with Crippen LogP contribution in [0.5, 0.6) is 0 Å². The zero-order chi connectivity index (χ0) is 14.0. The van der Waals surface area contributed by atoms with E-state index in [1.165, 1.54) is 0 Å². The number of aromatic amines is 1. The first kappa shape index (κ1) is 13.3. The highest BCUT2D eigenvalue weighted by atomic mass is 16.3. The van der Waals surface area contributed by atoms with Crippen molar-refractivity contribution in [3.63, 3.8) is 0 Å². The van der Waals surface area contributed by atoms with E-state index >= 15 is 0 Å². The van der Waals surface area contributed by atoms with Gasteiger partial charge in [-0.1, -0.05) is 0 Å². The molecule has 0 saturated heterocycles. The Morgan fingerprint density at radius 1 is 1.47 bits per heavy atom. The predicted octanol–water partition coefficient (Wildman–Crippen LogP) is 2.55. The second kappa shape index (κ2) is 5.22. The van der Waals surface area contributed by atoms with E-state index in [9.17, 15) is 4.79 Å². The molecule has 0 aliphatic rings. The molecule has 0 bridgehead atoms. The van der Waals surface area contributed by atoms with Gasteiger partial charge in [-0.3, -0.25) is 4.79 Å². The van der Waals surface area contributed by atoms with Gasteiger partial charge in [-0.05, 0) is 39.0 Å². The zero-order valence-corrected chi connectivity index (χ0v) is 11.4. The number of hydrogen-bond acceptors (Lipinski definition) is 3. The Bertz CT molecular complexity index is 569. The minimum absolute atomic E-state index is 0.0717. The second-order valence-electron chi connectivity index (χ2n) is 4.89. The third kappa shape index (κ3) is 2.99. The first-order chi connectivity index (χ1) is 8.97. The molecule has 1 amide bonds. The lowest BCUT2D eigenvalue weighted by atomic mass is 10.2. The molecule has 2 aromatic rings. The minimum Gasteiger partial charge on any atom is -0.464 e. The first-order valence-corrected chi connectivity index (χ1v) is 6.27. The van der Waals surface area contributed by atoms with Gasteiger partial charge in [0.15, 0.2) is 0 Å². The molecule has 3 N–H and O–H groups in total. The van der Waals surface area contributed by atoms with Crippen molar-refractivity contribution in [3.8, 4) is 0 Å². The fraction of sp³-hybridized carbons (Fsp3) is 0.357. The van der Waals surface area contributed by atoms with E-state index in [1.54, 1.807) is 17.2 Å². The second-order valence-corrected chi connectivity index (χ2v) is 4.89. The molecular weight excluding hydrogens is 242 g/mol. The van der Waals surface area contributed by atoms with E-state index in [2.05, 4.69) is 4.98 Å². The third-order valence-electron chi connectivity index (χ3n) is 2.94. The maximum Gasteiger partial charge on any atom is 0.270 e. The number of aromatic nitrogens is 1. The Kier molecular flexibility index (Phi) is 3.64. The molecule has 0 fully saturated rings. The smallest absolute Gasteiger partial charge is 0.270 e. The van der Waals surface area contributed by atoms with Crippen molar-refractivity contribution >= 4 is 11.6 Å². The van der Waals surface area contributed by atoms with Gasteiger partial charge in [-0.2, -0.15) is 0 Å². The summed E-state index contributed by atoms with van der Waals surface area (Å²) < 4.78 is 5.53. The van der Waals surface area contributed by atoms with Crippen LogP contribution in [0.3, 0.4) is 0 Å². The average Bonchev–Trinajstić information content (AvgIpc) is 2.94. The van der Waals surface area contributed by atoms with Crippen LogP contribution in [0.15, 0.2) is 28.8 Å². The van der Waals surface area contributed by atoms with Crippen molar-refractivity contribution in [1.29, 1.82) is 0 Å². The Hall–Kier alpha value is -2.17. The van der Waals surface area contributed by atoms with Crippen LogP contribution in [0.25, 0.3) is 0 Å². The number of nitrogens with zero attached hydrogens (tertiary/aromatic N) is 1. The monoisotopic (exact) mass is 261 g/mol. The molecule has 2 rings (SSSR count). The van der Waals surface area contributed by atoms with Crippen LogP contribution in [-0.4, -0.2) is 21.8 Å². The van der Waals surface area contributed by atoms with Gasteiger partial charge in [0.2, 0.25) is 0 Å². The number of carbonyl (C=O) groups excluding carboxylic acids is 1. The molecule has 5 nitrogen and oxygen atoms in total. The molecule has 0 radical (unpaired) electrons. The van der Waals surface area contributed by atoms with E-state index < -0.39 is 0 Å². The van der Waals surface area contributed by atoms with Crippen molar-refractivity contribution in [2.24, 2.45) is 0 Å². The third-order valence-corrected chi connectivity index (χ3v) is 2.94. The summed E-state index contributed by atoms with van der Waals surface area (Å²) in [6.07, 6.45) is 1.61. The van der Waals surface area contributed by atoms with Crippen LogP contribution >= 0.6 is 0 Å². The Balaban J connectivity index is 2.18. The summed E-state index contributed by atoms with van der Waals surface area (Å²) in [6.45, 7) is 6.28. The van der Waals surface area contributed by atoms with Gasteiger partial charge < -0.3 is 20.0 Å². The Morgan fingerprint density at radius 2 is 2.21 bits per heavy atom. The lowest BCUT2D eigenvalue weighted by Gasteiger charge is -2.25. The molecule has 0 aliphatic heterocycles. The summed E-state index contributed by atoms with van der Waals surface area (Å²) in [5.41, 5.74) is 6.68. The van der Waals surface area contributed by atoms with E-state index in [0.29, 0.717) is 17.9 Å². The molecule has 0 aliphatic carbocycles. The molecule has 19 heavy (non-hydrogen) atoms. The first-order valence-electron chi connectivity index (χ1n) is 6.27. The molecule has 2 aromatic heterocycles. The van der Waals surface area contributed by atoms with E-state index in [1.807, 2.05) is 32.9 Å². The number of furan rings is 1. The molecular formula is C14H19N3O2. The number of nitrogens with one attached hydrogen (secondary N) is 1. The highest BCUT2D eigenvalue weighted by molar-refractivity contribution is 5.93. The number of nitrogen functional groups attached to an aromatic ring is 1. The number of H-pyrrole nitrogens is 1. The van der Waals surface area contributed by atoms with Crippen molar-refractivity contribution in [1.82, 2.24) is 9.88 Å². The van der Waals surface area contributed by atoms with Crippen LogP contribution in [0, 0.1) is 6.92 Å². The van der Waals surface area contributed by atoms with Crippen LogP contribution in [0.1, 0.15) is 35.9 Å². The quantitative estimate of drug-likeness (QED) is 0.888. The summed E-state index contributed by atoms with van der Waals surface area (Å²) in [5, 5.41) is 0. The molecule has 0 aromatic carbocycles. The minimum atomic E-state index is -0.0826. The van der Waals surface area contributed by atoms with Gasteiger partial charge in [0.25, 0.3) is 5.91 Å².